The van der Waals surface area contributed by atoms with Crippen molar-refractivity contribution in [1.82, 2.24) is 20.7 Å². The monoisotopic (exact) mass is 152 g/mol. The third-order valence-corrected chi connectivity index (χ3v) is 1.10. The zero-order chi connectivity index (χ0) is 8.10. The fourth-order valence-corrected chi connectivity index (χ4v) is 0.562. The van der Waals surface area contributed by atoms with Crippen LogP contribution in [0.25, 0.3) is 0 Å². The SMILES string of the molecule is C=CC(=O)NCc1c[nH]nn1. The predicted octanol–water partition coefficient (Wildman–Crippen LogP) is -0.393. The summed E-state index contributed by atoms with van der Waals surface area (Å²) in [6, 6.07) is 0. The number of carbonyl (C=O) groups excluding carboxylic acids is 1. The molecular weight excluding hydrogens is 144 g/mol. The molecule has 5 nitrogen and oxygen atoms in total. The number of nitrogens with one attached hydrogen (secondary N) is 2. The molecule has 2 N–H and O–H groups in total. The number of aromatic amines is 1. The zero-order valence-corrected chi connectivity index (χ0v) is 5.87. The van der Waals surface area contributed by atoms with Crippen LogP contribution in [0.5, 0.6) is 0 Å². The highest BCUT2D eigenvalue weighted by Gasteiger charge is 1.96. The number of hydrogen-bond acceptors (Lipinski definition) is 3. The van der Waals surface area contributed by atoms with Crippen LogP contribution in [0, 0.1) is 0 Å². The van der Waals surface area contributed by atoms with Gasteiger partial charge in [-0.3, -0.25) is 9.89 Å². The molecule has 0 spiro atoms. The molecule has 0 radical (unpaired) electrons. The largest absolute Gasteiger partial charge is 0.347 e. The minimum Gasteiger partial charge on any atom is -0.347 e. The number of hydrogen-bond donors (Lipinski definition) is 2. The van der Waals surface area contributed by atoms with Gasteiger partial charge in [0.2, 0.25) is 5.91 Å². The summed E-state index contributed by atoms with van der Waals surface area (Å²) in [4.78, 5) is 10.6. The van der Waals surface area contributed by atoms with Gasteiger partial charge in [-0.2, -0.15) is 0 Å². The lowest BCUT2D eigenvalue weighted by molar-refractivity contribution is -0.116. The van der Waals surface area contributed by atoms with Crippen molar-refractivity contribution in [1.29, 1.82) is 0 Å². The molecule has 0 saturated carbocycles. The fraction of sp³-hybridized carbons (Fsp3) is 0.167. The van der Waals surface area contributed by atoms with Crippen molar-refractivity contribution in [3.05, 3.63) is 24.5 Å². The van der Waals surface area contributed by atoms with E-state index in [-0.39, 0.29) is 5.91 Å². The van der Waals surface area contributed by atoms with Crippen LogP contribution in [-0.2, 0) is 11.3 Å². The summed E-state index contributed by atoms with van der Waals surface area (Å²) in [5.74, 6) is -0.215. The number of carbonyl (C=O) groups is 1. The van der Waals surface area contributed by atoms with Gasteiger partial charge in [0.15, 0.2) is 0 Å². The molecule has 1 aromatic rings. The molecule has 1 aromatic heterocycles. The first-order valence-corrected chi connectivity index (χ1v) is 3.08. The van der Waals surface area contributed by atoms with E-state index in [0.29, 0.717) is 12.2 Å². The van der Waals surface area contributed by atoms with Crippen molar-refractivity contribution in [3.8, 4) is 0 Å². The Balaban J connectivity index is 2.34. The second kappa shape index (κ2) is 3.50. The molecule has 5 heteroatoms. The van der Waals surface area contributed by atoms with Crippen LogP contribution in [0.4, 0.5) is 0 Å². The van der Waals surface area contributed by atoms with Crippen LogP contribution in [0.15, 0.2) is 18.9 Å². The third-order valence-electron chi connectivity index (χ3n) is 1.10. The molecule has 1 amide bonds. The zero-order valence-electron chi connectivity index (χ0n) is 5.87. The summed E-state index contributed by atoms with van der Waals surface area (Å²) < 4.78 is 0. The molecule has 0 fully saturated rings. The predicted molar refractivity (Wildman–Crippen MR) is 38.4 cm³/mol. The lowest BCUT2D eigenvalue weighted by Gasteiger charge is -1.95. The molecule has 0 aliphatic heterocycles. The summed E-state index contributed by atoms with van der Waals surface area (Å²) in [6.07, 6.45) is 2.82. The Bertz CT molecular complexity index is 241. The van der Waals surface area contributed by atoms with E-state index in [1.807, 2.05) is 0 Å². The first-order chi connectivity index (χ1) is 5.33. The van der Waals surface area contributed by atoms with Crippen molar-refractivity contribution in [2.45, 2.75) is 6.54 Å². The molecule has 0 aliphatic rings. The van der Waals surface area contributed by atoms with Crippen molar-refractivity contribution in [2.75, 3.05) is 0 Å². The van der Waals surface area contributed by atoms with Crippen LogP contribution in [0.2, 0.25) is 0 Å². The van der Waals surface area contributed by atoms with E-state index in [1.54, 1.807) is 6.20 Å². The Hall–Kier alpha value is -1.65. The minimum absolute atomic E-state index is 0.215. The molecule has 0 bridgehead atoms. The fourth-order valence-electron chi connectivity index (χ4n) is 0.562. The van der Waals surface area contributed by atoms with Gasteiger partial charge >= 0.3 is 0 Å². The standard InChI is InChI=1S/C6H8N4O/c1-2-6(11)7-3-5-4-8-10-9-5/h2,4H,1,3H2,(H,7,11)(H,8,9,10). The van der Waals surface area contributed by atoms with E-state index in [0.717, 1.165) is 0 Å². The summed E-state index contributed by atoms with van der Waals surface area (Å²) in [7, 11) is 0. The van der Waals surface area contributed by atoms with E-state index in [1.165, 1.54) is 6.08 Å². The van der Waals surface area contributed by atoms with E-state index in [4.69, 9.17) is 0 Å². The second-order valence-corrected chi connectivity index (χ2v) is 1.89. The number of rotatable bonds is 3. The van der Waals surface area contributed by atoms with Gasteiger partial charge in [0.25, 0.3) is 0 Å². The van der Waals surface area contributed by atoms with Gasteiger partial charge in [0, 0.05) is 6.20 Å². The first kappa shape index (κ1) is 7.46. The summed E-state index contributed by atoms with van der Waals surface area (Å²) in [5, 5.41) is 12.2. The van der Waals surface area contributed by atoms with Gasteiger partial charge in [-0.1, -0.05) is 11.8 Å². The maximum absolute atomic E-state index is 10.6. The molecule has 0 aliphatic carbocycles. The number of H-pyrrole nitrogens is 1. The highest BCUT2D eigenvalue weighted by atomic mass is 16.1. The Morgan fingerprint density at radius 2 is 2.73 bits per heavy atom. The van der Waals surface area contributed by atoms with Crippen molar-refractivity contribution in [2.24, 2.45) is 0 Å². The quantitative estimate of drug-likeness (QED) is 0.579. The Morgan fingerprint density at radius 3 is 3.27 bits per heavy atom. The number of aromatic nitrogens is 3. The molecule has 0 unspecified atom stereocenters. The molecule has 58 valence electrons. The van der Waals surface area contributed by atoms with E-state index in [9.17, 15) is 4.79 Å². The van der Waals surface area contributed by atoms with E-state index < -0.39 is 0 Å². The first-order valence-electron chi connectivity index (χ1n) is 3.08. The maximum Gasteiger partial charge on any atom is 0.243 e. The number of nitrogens with zero attached hydrogens (tertiary/aromatic N) is 2. The van der Waals surface area contributed by atoms with Gasteiger partial charge < -0.3 is 5.32 Å². The maximum atomic E-state index is 10.6. The molecule has 0 saturated heterocycles. The molecule has 1 rings (SSSR count). The normalized spacial score (nSPS) is 9.09. The van der Waals surface area contributed by atoms with Gasteiger partial charge in [-0.25, -0.2) is 0 Å². The minimum atomic E-state index is -0.215. The lowest BCUT2D eigenvalue weighted by atomic mass is 10.4. The molecular formula is C6H8N4O. The smallest absolute Gasteiger partial charge is 0.243 e. The summed E-state index contributed by atoms with van der Waals surface area (Å²) >= 11 is 0. The van der Waals surface area contributed by atoms with Gasteiger partial charge in [-0.05, 0) is 6.08 Å². The van der Waals surface area contributed by atoms with Crippen molar-refractivity contribution >= 4 is 5.91 Å². The van der Waals surface area contributed by atoms with E-state index in [2.05, 4.69) is 27.3 Å². The highest BCUT2D eigenvalue weighted by Crippen LogP contribution is 1.85. The van der Waals surface area contributed by atoms with Gasteiger partial charge in [0.1, 0.15) is 5.69 Å². The van der Waals surface area contributed by atoms with Gasteiger partial charge in [0.05, 0.1) is 6.54 Å². The molecule has 11 heavy (non-hydrogen) atoms. The van der Waals surface area contributed by atoms with Crippen molar-refractivity contribution in [3.63, 3.8) is 0 Å². The highest BCUT2D eigenvalue weighted by molar-refractivity contribution is 5.86. The Kier molecular flexibility index (Phi) is 2.37. The van der Waals surface area contributed by atoms with Crippen LogP contribution in [0.3, 0.4) is 0 Å². The number of amides is 1. The average molecular weight is 152 g/mol. The van der Waals surface area contributed by atoms with Crippen LogP contribution < -0.4 is 5.32 Å². The molecule has 0 aromatic carbocycles. The summed E-state index contributed by atoms with van der Waals surface area (Å²) in [5.41, 5.74) is 0.695. The topological polar surface area (TPSA) is 70.7 Å². The van der Waals surface area contributed by atoms with Crippen LogP contribution in [0.1, 0.15) is 5.69 Å². The van der Waals surface area contributed by atoms with Crippen LogP contribution in [-0.4, -0.2) is 21.3 Å². The summed E-state index contributed by atoms with van der Waals surface area (Å²) in [6.45, 7) is 3.68. The molecule has 0 atom stereocenters. The lowest BCUT2D eigenvalue weighted by Crippen LogP contribution is -2.20. The second-order valence-electron chi connectivity index (χ2n) is 1.89. The third kappa shape index (κ3) is 2.21. The van der Waals surface area contributed by atoms with Gasteiger partial charge in [-0.15, -0.1) is 5.10 Å². The van der Waals surface area contributed by atoms with E-state index >= 15 is 0 Å². The van der Waals surface area contributed by atoms with Crippen molar-refractivity contribution < 1.29 is 4.79 Å². The van der Waals surface area contributed by atoms with Crippen LogP contribution >= 0.6 is 0 Å². The molecule has 1 heterocycles. The Morgan fingerprint density at radius 1 is 1.91 bits per heavy atom. The average Bonchev–Trinajstić information content (AvgIpc) is 2.52. The Labute approximate surface area is 63.5 Å².